The maximum Gasteiger partial charge on any atom is 0.254 e. The van der Waals surface area contributed by atoms with Gasteiger partial charge >= 0.3 is 0 Å². The lowest BCUT2D eigenvalue weighted by molar-refractivity contribution is 0.0302. The Bertz CT molecular complexity index is 990. The van der Waals surface area contributed by atoms with Crippen molar-refractivity contribution in [3.63, 3.8) is 0 Å². The summed E-state index contributed by atoms with van der Waals surface area (Å²) in [4.78, 5) is 26.7. The van der Waals surface area contributed by atoms with Crippen molar-refractivity contribution < 1.29 is 22.7 Å². The summed E-state index contributed by atoms with van der Waals surface area (Å²) >= 11 is 0. The van der Waals surface area contributed by atoms with Crippen LogP contribution >= 0.6 is 0 Å². The molecule has 0 unspecified atom stereocenters. The van der Waals surface area contributed by atoms with Crippen molar-refractivity contribution in [1.82, 2.24) is 4.90 Å². The molecule has 0 aliphatic carbocycles. The van der Waals surface area contributed by atoms with E-state index in [-0.39, 0.29) is 38.2 Å². The molecule has 0 atom stereocenters. The van der Waals surface area contributed by atoms with Gasteiger partial charge in [0.15, 0.2) is 5.78 Å². The molecule has 2 aliphatic heterocycles. The van der Waals surface area contributed by atoms with E-state index in [1.165, 1.54) is 30.3 Å². The molecule has 0 aromatic heterocycles. The first kappa shape index (κ1) is 16.0. The van der Waals surface area contributed by atoms with Gasteiger partial charge in [0.25, 0.3) is 5.91 Å². The predicted octanol–water partition coefficient (Wildman–Crippen LogP) is 1.54. The highest BCUT2D eigenvalue weighted by molar-refractivity contribution is 7.91. The number of carbonyl (C=O) groups is 2. The third kappa shape index (κ3) is 2.47. The molecule has 0 radical (unpaired) electrons. The quantitative estimate of drug-likeness (QED) is 0.660. The second-order valence-corrected chi connectivity index (χ2v) is 7.83. The molecule has 1 saturated heterocycles. The van der Waals surface area contributed by atoms with Crippen LogP contribution in [0.2, 0.25) is 0 Å². The summed E-state index contributed by atoms with van der Waals surface area (Å²) in [6.07, 6.45) is 0. The fourth-order valence-corrected chi connectivity index (χ4v) is 4.84. The summed E-state index contributed by atoms with van der Waals surface area (Å²) in [6.45, 7) is 1.84. The molecular weight excluding hydrogens is 342 g/mol. The lowest BCUT2D eigenvalue weighted by Gasteiger charge is -2.27. The van der Waals surface area contributed by atoms with Gasteiger partial charge in [-0.3, -0.25) is 9.59 Å². The third-order valence-electron chi connectivity index (χ3n) is 4.48. The lowest BCUT2D eigenvalue weighted by Crippen LogP contribution is -2.40. The Kier molecular flexibility index (Phi) is 3.70. The van der Waals surface area contributed by atoms with Gasteiger partial charge in [0.05, 0.1) is 23.0 Å². The minimum atomic E-state index is -3.84. The molecule has 25 heavy (non-hydrogen) atoms. The average molecular weight is 357 g/mol. The Balaban J connectivity index is 1.81. The number of carbonyl (C=O) groups excluding carboxylic acids is 2. The fraction of sp³-hybridized carbons (Fsp3) is 0.222. The van der Waals surface area contributed by atoms with E-state index in [4.69, 9.17) is 4.74 Å². The summed E-state index contributed by atoms with van der Waals surface area (Å²) in [7, 11) is -3.84. The van der Waals surface area contributed by atoms with E-state index in [9.17, 15) is 18.0 Å². The maximum absolute atomic E-state index is 12.9. The van der Waals surface area contributed by atoms with Gasteiger partial charge in [-0.1, -0.05) is 12.1 Å². The Morgan fingerprint density at radius 2 is 1.64 bits per heavy atom. The van der Waals surface area contributed by atoms with Crippen LogP contribution in [0.3, 0.4) is 0 Å². The molecule has 1 fully saturated rings. The number of ether oxygens (including phenoxy) is 1. The van der Waals surface area contributed by atoms with Gasteiger partial charge in [-0.05, 0) is 30.3 Å². The monoisotopic (exact) mass is 357 g/mol. The van der Waals surface area contributed by atoms with Crippen molar-refractivity contribution in [3.8, 4) is 0 Å². The fourth-order valence-electron chi connectivity index (χ4n) is 3.17. The lowest BCUT2D eigenvalue weighted by atomic mass is 10.0. The molecule has 6 nitrogen and oxygen atoms in total. The highest BCUT2D eigenvalue weighted by Crippen LogP contribution is 2.34. The molecule has 2 aromatic carbocycles. The zero-order chi connectivity index (χ0) is 17.6. The van der Waals surface area contributed by atoms with Crippen LogP contribution in [0.1, 0.15) is 26.3 Å². The molecule has 2 heterocycles. The van der Waals surface area contributed by atoms with E-state index in [2.05, 4.69) is 0 Å². The standard InChI is InChI=1S/C18H15NO5S/c20-17-13-3-1-2-4-15(13)25(22,23)16-11-12(5-6-14(16)17)18(21)19-7-9-24-10-8-19/h1-6,11H,7-10H2. The largest absolute Gasteiger partial charge is 0.378 e. The number of ketones is 1. The number of nitrogens with zero attached hydrogens (tertiary/aromatic N) is 1. The van der Waals surface area contributed by atoms with E-state index in [1.807, 2.05) is 0 Å². The first-order valence-electron chi connectivity index (χ1n) is 7.90. The molecule has 128 valence electrons. The van der Waals surface area contributed by atoms with Crippen molar-refractivity contribution in [3.05, 3.63) is 59.2 Å². The molecule has 2 aromatic rings. The normalized spacial score (nSPS) is 18.4. The van der Waals surface area contributed by atoms with E-state index < -0.39 is 9.84 Å². The summed E-state index contributed by atoms with van der Waals surface area (Å²) < 4.78 is 31.0. The minimum Gasteiger partial charge on any atom is -0.378 e. The van der Waals surface area contributed by atoms with Gasteiger partial charge in [-0.2, -0.15) is 0 Å². The molecule has 0 N–H and O–H groups in total. The number of benzene rings is 2. The van der Waals surface area contributed by atoms with Crippen molar-refractivity contribution in [2.24, 2.45) is 0 Å². The van der Waals surface area contributed by atoms with E-state index in [0.29, 0.717) is 26.3 Å². The molecular formula is C18H15NO5S. The SMILES string of the molecule is O=C1c2ccccc2S(=O)(=O)c2cc(C(=O)N3CCOCC3)ccc21. The Hall–Kier alpha value is -2.51. The number of morpholine rings is 1. The maximum atomic E-state index is 12.9. The Morgan fingerprint density at radius 3 is 2.40 bits per heavy atom. The topological polar surface area (TPSA) is 80.8 Å². The summed E-state index contributed by atoms with van der Waals surface area (Å²) in [5.41, 5.74) is 0.538. The van der Waals surface area contributed by atoms with Crippen LogP contribution in [-0.4, -0.2) is 51.3 Å². The van der Waals surface area contributed by atoms with Crippen molar-refractivity contribution in [1.29, 1.82) is 0 Å². The summed E-state index contributed by atoms with van der Waals surface area (Å²) in [6, 6.07) is 10.4. The van der Waals surface area contributed by atoms with Crippen molar-refractivity contribution in [2.45, 2.75) is 9.79 Å². The zero-order valence-corrected chi connectivity index (χ0v) is 14.1. The van der Waals surface area contributed by atoms with E-state index in [0.717, 1.165) is 0 Å². The number of fused-ring (bicyclic) bond motifs is 2. The average Bonchev–Trinajstić information content (AvgIpc) is 2.66. The third-order valence-corrected chi connectivity index (χ3v) is 6.33. The first-order chi connectivity index (χ1) is 12.0. The molecule has 2 aliphatic rings. The predicted molar refractivity (Wildman–Crippen MR) is 88.5 cm³/mol. The molecule has 4 rings (SSSR count). The van der Waals surface area contributed by atoms with Crippen LogP contribution in [0.4, 0.5) is 0 Å². The van der Waals surface area contributed by atoms with Crippen LogP contribution < -0.4 is 0 Å². The van der Waals surface area contributed by atoms with Gasteiger partial charge in [0.1, 0.15) is 0 Å². The van der Waals surface area contributed by atoms with Crippen LogP contribution in [-0.2, 0) is 14.6 Å². The molecule has 0 spiro atoms. The van der Waals surface area contributed by atoms with Crippen LogP contribution in [0.25, 0.3) is 0 Å². The summed E-state index contributed by atoms with van der Waals surface area (Å²) in [5, 5.41) is 0. The molecule has 1 amide bonds. The molecule has 7 heteroatoms. The number of hydrogen-bond acceptors (Lipinski definition) is 5. The van der Waals surface area contributed by atoms with E-state index in [1.54, 1.807) is 17.0 Å². The minimum absolute atomic E-state index is 0.0107. The number of sulfone groups is 1. The van der Waals surface area contributed by atoms with E-state index >= 15 is 0 Å². The Morgan fingerprint density at radius 1 is 0.960 bits per heavy atom. The highest BCUT2D eigenvalue weighted by atomic mass is 32.2. The number of amides is 1. The molecule has 0 saturated carbocycles. The smallest absolute Gasteiger partial charge is 0.254 e. The van der Waals surface area contributed by atoms with Crippen molar-refractivity contribution in [2.75, 3.05) is 26.3 Å². The molecule has 0 bridgehead atoms. The van der Waals surface area contributed by atoms with Crippen LogP contribution in [0.15, 0.2) is 52.3 Å². The zero-order valence-electron chi connectivity index (χ0n) is 13.3. The van der Waals surface area contributed by atoms with Gasteiger partial charge < -0.3 is 9.64 Å². The summed E-state index contributed by atoms with van der Waals surface area (Å²) in [5.74, 6) is -0.599. The van der Waals surface area contributed by atoms with Gasteiger partial charge in [0, 0.05) is 29.8 Å². The first-order valence-corrected chi connectivity index (χ1v) is 9.38. The van der Waals surface area contributed by atoms with Crippen LogP contribution in [0.5, 0.6) is 0 Å². The van der Waals surface area contributed by atoms with Crippen molar-refractivity contribution >= 4 is 21.5 Å². The number of hydrogen-bond donors (Lipinski definition) is 0. The second kappa shape index (κ2) is 5.79. The highest BCUT2D eigenvalue weighted by Gasteiger charge is 2.35. The van der Waals surface area contributed by atoms with Gasteiger partial charge in [-0.15, -0.1) is 0 Å². The Labute approximate surface area is 144 Å². The van der Waals surface area contributed by atoms with Gasteiger partial charge in [-0.25, -0.2) is 8.42 Å². The number of rotatable bonds is 1. The van der Waals surface area contributed by atoms with Gasteiger partial charge in [0.2, 0.25) is 9.84 Å². The van der Waals surface area contributed by atoms with Crippen LogP contribution in [0, 0.1) is 0 Å². The second-order valence-electron chi connectivity index (χ2n) is 5.94.